The van der Waals surface area contributed by atoms with E-state index in [1.54, 1.807) is 25.6 Å². The highest BCUT2D eigenvalue weighted by molar-refractivity contribution is 6.16. The molecule has 0 saturated heterocycles. The van der Waals surface area contributed by atoms with Crippen LogP contribution in [0.1, 0.15) is 6.92 Å². The average molecular weight is 202 g/mol. The molecule has 0 radical (unpaired) electrons. The maximum Gasteiger partial charge on any atom is 0.0555 e. The second kappa shape index (κ2) is 8.88. The predicted octanol–water partition coefficient (Wildman–Crippen LogP) is 3.21. The van der Waals surface area contributed by atoms with E-state index in [4.69, 9.17) is 0 Å². The number of rotatable bonds is 6. The van der Waals surface area contributed by atoms with Crippen molar-refractivity contribution in [3.8, 4) is 0 Å². The van der Waals surface area contributed by atoms with Crippen LogP contribution in [0.5, 0.6) is 0 Å². The van der Waals surface area contributed by atoms with Crippen LogP contribution in [-0.2, 0) is 0 Å². The zero-order chi connectivity index (χ0) is 11.5. The van der Waals surface area contributed by atoms with Crippen molar-refractivity contribution in [3.05, 3.63) is 49.2 Å². The minimum Gasteiger partial charge on any atom is -0.295 e. The van der Waals surface area contributed by atoms with Gasteiger partial charge in [-0.05, 0) is 12.0 Å². The van der Waals surface area contributed by atoms with E-state index in [0.29, 0.717) is 11.6 Å². The molecule has 0 aliphatic rings. The van der Waals surface area contributed by atoms with Crippen molar-refractivity contribution < 1.29 is 0 Å². The maximum absolute atomic E-state index is 4.07. The lowest BCUT2D eigenvalue weighted by Gasteiger charge is -1.96. The van der Waals surface area contributed by atoms with Crippen LogP contribution in [0.2, 0.25) is 0 Å². The summed E-state index contributed by atoms with van der Waals surface area (Å²) in [5.41, 5.74) is 0.716. The van der Waals surface area contributed by atoms with Gasteiger partial charge in [-0.2, -0.15) is 0 Å². The van der Waals surface area contributed by atoms with Crippen LogP contribution in [0.3, 0.4) is 0 Å². The Morgan fingerprint density at radius 2 is 2.00 bits per heavy atom. The Morgan fingerprint density at radius 3 is 2.60 bits per heavy atom. The van der Waals surface area contributed by atoms with Crippen LogP contribution < -0.4 is 0 Å². The topological polar surface area (TPSA) is 24.7 Å². The van der Waals surface area contributed by atoms with Crippen LogP contribution >= 0.6 is 0 Å². The number of nitrogens with zero attached hydrogens (tertiary/aromatic N) is 2. The molecule has 0 bridgehead atoms. The molecule has 0 heterocycles. The highest BCUT2D eigenvalue weighted by Gasteiger charge is 1.88. The van der Waals surface area contributed by atoms with Gasteiger partial charge in [0.25, 0.3) is 0 Å². The Morgan fingerprint density at radius 1 is 1.27 bits per heavy atom. The summed E-state index contributed by atoms with van der Waals surface area (Å²) in [6, 6.07) is 0. The lowest BCUT2D eigenvalue weighted by molar-refractivity contribution is 0.938. The van der Waals surface area contributed by atoms with Gasteiger partial charge in [0.2, 0.25) is 0 Å². The van der Waals surface area contributed by atoms with Crippen LogP contribution in [0.15, 0.2) is 59.2 Å². The van der Waals surface area contributed by atoms with Gasteiger partial charge in [-0.25, -0.2) is 0 Å². The van der Waals surface area contributed by atoms with E-state index in [1.165, 1.54) is 0 Å². The van der Waals surface area contributed by atoms with Crippen molar-refractivity contribution in [1.82, 2.24) is 0 Å². The Bertz CT molecular complexity index is 306. The summed E-state index contributed by atoms with van der Waals surface area (Å²) in [5, 5.41) is 0. The molecule has 0 N–H and O–H groups in total. The normalized spacial score (nSPS) is 14.5. The molecule has 0 amide bonds. The van der Waals surface area contributed by atoms with Crippen LogP contribution in [0.4, 0.5) is 0 Å². The smallest absolute Gasteiger partial charge is 0.0555 e. The molecular formula is C13H18N2. The van der Waals surface area contributed by atoms with Crippen molar-refractivity contribution in [2.24, 2.45) is 15.9 Å². The molecule has 0 aromatic rings. The Labute approximate surface area is 92.2 Å². The first kappa shape index (κ1) is 13.3. The molecule has 1 atom stereocenters. The number of hydrogen-bond donors (Lipinski definition) is 0. The minimum atomic E-state index is 0.356. The van der Waals surface area contributed by atoms with Crippen LogP contribution in [0, 0.1) is 5.92 Å². The van der Waals surface area contributed by atoms with Gasteiger partial charge in [0.1, 0.15) is 0 Å². The quantitative estimate of drug-likeness (QED) is 0.467. The molecule has 0 fully saturated rings. The van der Waals surface area contributed by atoms with Gasteiger partial charge < -0.3 is 0 Å². The summed E-state index contributed by atoms with van der Waals surface area (Å²) in [6.45, 7) is 9.48. The van der Waals surface area contributed by atoms with Gasteiger partial charge in [-0.1, -0.05) is 44.4 Å². The molecule has 0 saturated carbocycles. The number of allylic oxidation sites excluding steroid dienone is 5. The molecular weight excluding hydrogens is 184 g/mol. The average Bonchev–Trinajstić information content (AvgIpc) is 2.24. The van der Waals surface area contributed by atoms with E-state index >= 15 is 0 Å². The first-order valence-electron chi connectivity index (χ1n) is 4.82. The van der Waals surface area contributed by atoms with Gasteiger partial charge in [0.05, 0.1) is 5.70 Å². The van der Waals surface area contributed by atoms with Gasteiger partial charge in [0, 0.05) is 19.5 Å². The lowest BCUT2D eigenvalue weighted by atomic mass is 10.1. The molecule has 0 aliphatic heterocycles. The van der Waals surface area contributed by atoms with Crippen LogP contribution in [-0.4, -0.2) is 19.5 Å². The fourth-order valence-electron chi connectivity index (χ4n) is 0.820. The first-order valence-corrected chi connectivity index (χ1v) is 4.82. The first-order chi connectivity index (χ1) is 7.20. The molecule has 1 unspecified atom stereocenters. The number of aliphatic imine (C=N–C) groups is 2. The van der Waals surface area contributed by atoms with E-state index in [1.807, 2.05) is 24.3 Å². The summed E-state index contributed by atoms with van der Waals surface area (Å²) < 4.78 is 0. The second-order valence-electron chi connectivity index (χ2n) is 3.02. The molecule has 0 aromatic heterocycles. The Hall–Kier alpha value is -1.70. The molecule has 0 aliphatic carbocycles. The van der Waals surface area contributed by atoms with Gasteiger partial charge in [-0.15, -0.1) is 0 Å². The zero-order valence-corrected chi connectivity index (χ0v) is 9.43. The third-order valence-electron chi connectivity index (χ3n) is 1.60. The SMILES string of the molecule is C=C/C=C\C(C)/C=C/C(=C)N=CC=NC. The summed E-state index contributed by atoms with van der Waals surface area (Å²) >= 11 is 0. The minimum absolute atomic E-state index is 0.356. The third-order valence-corrected chi connectivity index (χ3v) is 1.60. The fraction of sp³-hybridized carbons (Fsp3) is 0.231. The molecule has 0 rings (SSSR count). The lowest BCUT2D eigenvalue weighted by Crippen LogP contribution is -1.82. The largest absolute Gasteiger partial charge is 0.295 e. The van der Waals surface area contributed by atoms with E-state index in [9.17, 15) is 0 Å². The summed E-state index contributed by atoms with van der Waals surface area (Å²) in [4.78, 5) is 7.85. The van der Waals surface area contributed by atoms with Gasteiger partial charge >= 0.3 is 0 Å². The van der Waals surface area contributed by atoms with Crippen molar-refractivity contribution >= 4 is 12.4 Å². The molecule has 2 nitrogen and oxygen atoms in total. The monoisotopic (exact) mass is 202 g/mol. The fourth-order valence-corrected chi connectivity index (χ4v) is 0.820. The second-order valence-corrected chi connectivity index (χ2v) is 3.02. The van der Waals surface area contributed by atoms with Gasteiger partial charge in [-0.3, -0.25) is 9.98 Å². The molecule has 0 aromatic carbocycles. The summed E-state index contributed by atoms with van der Waals surface area (Å²) in [6.07, 6.45) is 12.9. The Kier molecular flexibility index (Phi) is 7.87. The van der Waals surface area contributed by atoms with E-state index < -0.39 is 0 Å². The predicted molar refractivity (Wildman–Crippen MR) is 69.7 cm³/mol. The van der Waals surface area contributed by atoms with Gasteiger partial charge in [0.15, 0.2) is 0 Å². The highest BCUT2D eigenvalue weighted by atomic mass is 14.7. The van der Waals surface area contributed by atoms with Crippen molar-refractivity contribution in [1.29, 1.82) is 0 Å². The standard InChI is InChI=1S/C13H18N2/c1-5-6-7-12(2)8-9-13(3)15-11-10-14-4/h5-12H,1,3H2,2,4H3/b7-6-,9-8+,14-10?,15-11?. The molecule has 15 heavy (non-hydrogen) atoms. The Balaban J connectivity index is 4.10. The van der Waals surface area contributed by atoms with Crippen molar-refractivity contribution in [3.63, 3.8) is 0 Å². The number of hydrogen-bond acceptors (Lipinski definition) is 2. The zero-order valence-electron chi connectivity index (χ0n) is 9.43. The molecule has 0 spiro atoms. The van der Waals surface area contributed by atoms with Crippen LogP contribution in [0.25, 0.3) is 0 Å². The van der Waals surface area contributed by atoms with Crippen molar-refractivity contribution in [2.45, 2.75) is 6.92 Å². The summed E-state index contributed by atoms with van der Waals surface area (Å²) in [7, 11) is 1.70. The summed E-state index contributed by atoms with van der Waals surface area (Å²) in [5.74, 6) is 0.356. The molecule has 80 valence electrons. The van der Waals surface area contributed by atoms with Crippen molar-refractivity contribution in [2.75, 3.05) is 7.05 Å². The van der Waals surface area contributed by atoms with E-state index in [0.717, 1.165) is 0 Å². The highest BCUT2D eigenvalue weighted by Crippen LogP contribution is 2.03. The van der Waals surface area contributed by atoms with E-state index in [2.05, 4.69) is 30.1 Å². The molecule has 2 heteroatoms. The maximum atomic E-state index is 4.07. The third kappa shape index (κ3) is 8.63. The van der Waals surface area contributed by atoms with E-state index in [-0.39, 0.29) is 0 Å².